The van der Waals surface area contributed by atoms with Crippen molar-refractivity contribution >= 4 is 17.5 Å². The fraction of sp³-hybridized carbons (Fsp3) is 0.333. The Hall–Kier alpha value is -2.38. The normalized spacial score (nSPS) is 12.3. The van der Waals surface area contributed by atoms with Crippen molar-refractivity contribution in [3.8, 4) is 5.69 Å². The highest BCUT2D eigenvalue weighted by molar-refractivity contribution is 7.99. The summed E-state index contributed by atoms with van der Waals surface area (Å²) in [4.78, 5) is 17.2. The predicted molar refractivity (Wildman–Crippen MR) is 109 cm³/mol. The van der Waals surface area contributed by atoms with Crippen molar-refractivity contribution in [1.29, 1.82) is 0 Å². The van der Waals surface area contributed by atoms with Crippen LogP contribution in [0.5, 0.6) is 0 Å². The van der Waals surface area contributed by atoms with Gasteiger partial charge in [0.25, 0.3) is 0 Å². The molecule has 0 spiro atoms. The van der Waals surface area contributed by atoms with Crippen LogP contribution in [0.15, 0.2) is 47.9 Å². The largest absolute Gasteiger partial charge is 0.383 e. The van der Waals surface area contributed by atoms with Crippen LogP contribution in [0.25, 0.3) is 5.69 Å². The lowest BCUT2D eigenvalue weighted by Crippen LogP contribution is -2.14. The molecule has 0 bridgehead atoms. The first-order chi connectivity index (χ1) is 13.4. The number of imidazole rings is 1. The highest BCUT2D eigenvalue weighted by Crippen LogP contribution is 2.25. The molecule has 0 saturated heterocycles. The minimum Gasteiger partial charge on any atom is -0.383 e. The molecule has 3 aromatic rings. The number of ketones is 1. The van der Waals surface area contributed by atoms with Gasteiger partial charge in [0, 0.05) is 36.5 Å². The van der Waals surface area contributed by atoms with Crippen LogP contribution >= 0.6 is 11.8 Å². The molecule has 0 amide bonds. The van der Waals surface area contributed by atoms with Crippen LogP contribution in [0.1, 0.15) is 34.7 Å². The highest BCUT2D eigenvalue weighted by Gasteiger charge is 2.19. The van der Waals surface area contributed by atoms with E-state index in [2.05, 4.69) is 16.5 Å². The van der Waals surface area contributed by atoms with Gasteiger partial charge in [-0.3, -0.25) is 9.36 Å². The standard InChI is InChI=1S/C21H24FN3O2S/c1-14-10-19(16(3)25(14)15(2)12-27-4)20(26)13-28-21-23-8-9-24(21)18-7-5-6-17(22)11-18/h5-11,15H,12-13H2,1-4H3/t15-/m0/s1. The molecule has 0 unspecified atom stereocenters. The Morgan fingerprint density at radius 2 is 2.11 bits per heavy atom. The summed E-state index contributed by atoms with van der Waals surface area (Å²) in [6.07, 6.45) is 3.41. The maximum absolute atomic E-state index is 13.5. The van der Waals surface area contributed by atoms with E-state index in [1.165, 1.54) is 23.9 Å². The first kappa shape index (κ1) is 20.4. The fourth-order valence-electron chi connectivity index (χ4n) is 3.48. The van der Waals surface area contributed by atoms with Gasteiger partial charge in [0.15, 0.2) is 10.9 Å². The quantitative estimate of drug-likeness (QED) is 0.408. The number of rotatable bonds is 8. The molecule has 2 heterocycles. The van der Waals surface area contributed by atoms with Gasteiger partial charge in [0.2, 0.25) is 0 Å². The average Bonchev–Trinajstić information content (AvgIpc) is 3.24. The van der Waals surface area contributed by atoms with Gasteiger partial charge < -0.3 is 9.30 Å². The minimum absolute atomic E-state index is 0.0442. The average molecular weight is 402 g/mol. The van der Waals surface area contributed by atoms with E-state index in [0.717, 1.165) is 17.0 Å². The van der Waals surface area contributed by atoms with E-state index < -0.39 is 0 Å². The molecule has 28 heavy (non-hydrogen) atoms. The fourth-order valence-corrected chi connectivity index (χ4v) is 4.34. The number of benzene rings is 1. The van der Waals surface area contributed by atoms with Crippen LogP contribution in [-0.4, -0.2) is 39.4 Å². The molecule has 3 rings (SSSR count). The zero-order valence-electron chi connectivity index (χ0n) is 16.5. The Kier molecular flexibility index (Phi) is 6.36. The number of aryl methyl sites for hydroxylation is 1. The third-order valence-electron chi connectivity index (χ3n) is 4.66. The molecule has 0 saturated carbocycles. The smallest absolute Gasteiger partial charge is 0.175 e. The molecule has 0 aliphatic heterocycles. The molecule has 0 radical (unpaired) electrons. The van der Waals surface area contributed by atoms with Crippen LogP contribution in [0.3, 0.4) is 0 Å². The number of halogens is 1. The van der Waals surface area contributed by atoms with E-state index >= 15 is 0 Å². The molecule has 1 aromatic carbocycles. The molecule has 148 valence electrons. The Labute approximate surface area is 168 Å². The summed E-state index contributed by atoms with van der Waals surface area (Å²) in [6, 6.07) is 8.40. The Morgan fingerprint density at radius 3 is 2.82 bits per heavy atom. The van der Waals surface area contributed by atoms with Crippen molar-refractivity contribution in [2.45, 2.75) is 32.0 Å². The zero-order valence-corrected chi connectivity index (χ0v) is 17.3. The monoisotopic (exact) mass is 401 g/mol. The van der Waals surface area contributed by atoms with Crippen LogP contribution in [0.4, 0.5) is 4.39 Å². The molecule has 7 heteroatoms. The van der Waals surface area contributed by atoms with Crippen molar-refractivity contribution < 1.29 is 13.9 Å². The Morgan fingerprint density at radius 1 is 1.32 bits per heavy atom. The molecule has 0 N–H and O–H groups in total. The van der Waals surface area contributed by atoms with Crippen molar-refractivity contribution in [3.05, 3.63) is 65.5 Å². The Bertz CT molecular complexity index is 980. The van der Waals surface area contributed by atoms with Crippen LogP contribution < -0.4 is 0 Å². The van der Waals surface area contributed by atoms with Gasteiger partial charge in [-0.15, -0.1) is 0 Å². The van der Waals surface area contributed by atoms with E-state index in [1.54, 1.807) is 36.2 Å². The molecule has 1 atom stereocenters. The summed E-state index contributed by atoms with van der Waals surface area (Å²) in [7, 11) is 1.67. The van der Waals surface area contributed by atoms with Gasteiger partial charge >= 0.3 is 0 Å². The van der Waals surface area contributed by atoms with Crippen molar-refractivity contribution in [2.75, 3.05) is 19.5 Å². The van der Waals surface area contributed by atoms with Crippen LogP contribution in [0, 0.1) is 19.7 Å². The second kappa shape index (κ2) is 8.75. The number of carbonyl (C=O) groups is 1. The lowest BCUT2D eigenvalue weighted by molar-refractivity contribution is 0.102. The summed E-state index contributed by atoms with van der Waals surface area (Å²) >= 11 is 1.35. The summed E-state index contributed by atoms with van der Waals surface area (Å²) < 4.78 is 22.7. The topological polar surface area (TPSA) is 49.1 Å². The van der Waals surface area contributed by atoms with Crippen LogP contribution in [-0.2, 0) is 4.74 Å². The summed E-state index contributed by atoms with van der Waals surface area (Å²) in [5, 5.41) is 0.653. The molecule has 5 nitrogen and oxygen atoms in total. The number of hydrogen-bond acceptors (Lipinski definition) is 4. The van der Waals surface area contributed by atoms with Gasteiger partial charge in [-0.2, -0.15) is 0 Å². The Balaban J connectivity index is 1.76. The van der Waals surface area contributed by atoms with Crippen LogP contribution in [0.2, 0.25) is 0 Å². The third kappa shape index (κ3) is 4.20. The number of aromatic nitrogens is 3. The number of thioether (sulfide) groups is 1. The van der Waals surface area contributed by atoms with Gasteiger partial charge in [-0.05, 0) is 45.0 Å². The number of hydrogen-bond donors (Lipinski definition) is 0. The van der Waals surface area contributed by atoms with Gasteiger partial charge in [0.1, 0.15) is 5.82 Å². The van der Waals surface area contributed by atoms with Gasteiger partial charge in [0.05, 0.1) is 24.1 Å². The summed E-state index contributed by atoms with van der Waals surface area (Å²) in [6.45, 7) is 6.62. The highest BCUT2D eigenvalue weighted by atomic mass is 32.2. The number of ether oxygens (including phenoxy) is 1. The van der Waals surface area contributed by atoms with E-state index in [4.69, 9.17) is 4.74 Å². The molecule has 0 aliphatic rings. The number of carbonyl (C=O) groups excluding carboxylic acids is 1. The maximum Gasteiger partial charge on any atom is 0.175 e. The second-order valence-corrected chi connectivity index (χ2v) is 7.67. The third-order valence-corrected chi connectivity index (χ3v) is 5.63. The first-order valence-electron chi connectivity index (χ1n) is 9.05. The van der Waals surface area contributed by atoms with Crippen molar-refractivity contribution in [2.24, 2.45) is 0 Å². The number of Topliss-reactive ketones (excluding diaryl/α,β-unsaturated/α-hetero) is 1. The van der Waals surface area contributed by atoms with E-state index in [1.807, 2.05) is 19.9 Å². The lowest BCUT2D eigenvalue weighted by atomic mass is 10.2. The van der Waals surface area contributed by atoms with Crippen molar-refractivity contribution in [3.63, 3.8) is 0 Å². The lowest BCUT2D eigenvalue weighted by Gasteiger charge is -2.17. The predicted octanol–water partition coefficient (Wildman–Crippen LogP) is 4.61. The SMILES string of the molecule is COC[C@H](C)n1c(C)cc(C(=O)CSc2nccn2-c2cccc(F)c2)c1C. The van der Waals surface area contributed by atoms with Gasteiger partial charge in [-0.1, -0.05) is 17.8 Å². The summed E-state index contributed by atoms with van der Waals surface area (Å²) in [5.74, 6) is -0.00597. The summed E-state index contributed by atoms with van der Waals surface area (Å²) in [5.41, 5.74) is 3.38. The van der Waals surface area contributed by atoms with E-state index in [0.29, 0.717) is 17.5 Å². The molecular weight excluding hydrogens is 377 g/mol. The van der Waals surface area contributed by atoms with E-state index in [9.17, 15) is 9.18 Å². The van der Waals surface area contributed by atoms with Gasteiger partial charge in [-0.25, -0.2) is 9.37 Å². The maximum atomic E-state index is 13.5. The minimum atomic E-state index is -0.309. The molecular formula is C21H24FN3O2S. The van der Waals surface area contributed by atoms with E-state index in [-0.39, 0.29) is 23.4 Å². The second-order valence-electron chi connectivity index (χ2n) is 6.73. The van der Waals surface area contributed by atoms with Crippen molar-refractivity contribution in [1.82, 2.24) is 14.1 Å². The molecule has 0 fully saturated rings. The number of methoxy groups -OCH3 is 1. The first-order valence-corrected chi connectivity index (χ1v) is 10.0. The molecule has 0 aliphatic carbocycles. The number of nitrogens with zero attached hydrogens (tertiary/aromatic N) is 3. The zero-order chi connectivity index (χ0) is 20.3. The molecule has 2 aromatic heterocycles.